The number of methoxy groups -OCH3 is 2. The Labute approximate surface area is 164 Å². The van der Waals surface area contributed by atoms with Crippen molar-refractivity contribution in [2.45, 2.75) is 19.8 Å². The lowest BCUT2D eigenvalue weighted by molar-refractivity contribution is -0.129. The van der Waals surface area contributed by atoms with Crippen LogP contribution in [0, 0.1) is 0 Å². The molecule has 0 saturated carbocycles. The topological polar surface area (TPSA) is 66.3 Å². The van der Waals surface area contributed by atoms with E-state index in [-0.39, 0.29) is 11.6 Å². The van der Waals surface area contributed by atoms with Gasteiger partial charge in [0.1, 0.15) is 17.2 Å². The molecule has 3 rings (SSSR count). The summed E-state index contributed by atoms with van der Waals surface area (Å²) in [6, 6.07) is 12.7. The van der Waals surface area contributed by atoms with E-state index in [2.05, 4.69) is 11.9 Å². The van der Waals surface area contributed by atoms with Crippen LogP contribution in [-0.4, -0.2) is 32.7 Å². The summed E-state index contributed by atoms with van der Waals surface area (Å²) in [5.74, 6) is 1.79. The number of esters is 1. The lowest BCUT2D eigenvalue weighted by atomic mass is 10.1. The van der Waals surface area contributed by atoms with E-state index < -0.39 is 5.97 Å². The Balaban J connectivity index is 1.80. The molecule has 0 unspecified atom stereocenters. The van der Waals surface area contributed by atoms with E-state index in [1.165, 1.54) is 0 Å². The maximum absolute atomic E-state index is 12.2. The van der Waals surface area contributed by atoms with Gasteiger partial charge in [-0.2, -0.15) is 0 Å². The first-order valence-corrected chi connectivity index (χ1v) is 9.12. The number of hydrogen-bond donors (Lipinski definition) is 0. The monoisotopic (exact) mass is 381 g/mol. The maximum atomic E-state index is 12.2. The summed E-state index contributed by atoms with van der Waals surface area (Å²) in [4.78, 5) is 16.6. The van der Waals surface area contributed by atoms with Crippen molar-refractivity contribution in [3.8, 4) is 17.2 Å². The Kier molecular flexibility index (Phi) is 6.32. The van der Waals surface area contributed by atoms with E-state index in [4.69, 9.17) is 18.9 Å². The molecule has 0 aliphatic carbocycles. The van der Waals surface area contributed by atoms with Crippen LogP contribution in [-0.2, 0) is 9.53 Å². The first kappa shape index (κ1) is 19.5. The molecule has 0 saturated heterocycles. The van der Waals surface area contributed by atoms with Crippen LogP contribution in [0.25, 0.3) is 6.08 Å². The van der Waals surface area contributed by atoms with Crippen molar-refractivity contribution in [1.82, 2.24) is 0 Å². The average molecular weight is 381 g/mol. The van der Waals surface area contributed by atoms with Gasteiger partial charge in [-0.3, -0.25) is 0 Å². The Morgan fingerprint density at radius 2 is 1.79 bits per heavy atom. The lowest BCUT2D eigenvalue weighted by Crippen LogP contribution is -2.05. The molecule has 6 heteroatoms. The number of hydrogen-bond acceptors (Lipinski definition) is 6. The third-order valence-electron chi connectivity index (χ3n) is 4.22. The van der Waals surface area contributed by atoms with Crippen LogP contribution < -0.4 is 14.2 Å². The number of cyclic esters (lactones) is 1. The van der Waals surface area contributed by atoms with Gasteiger partial charge in [-0.1, -0.05) is 13.3 Å². The zero-order valence-electron chi connectivity index (χ0n) is 16.2. The number of benzene rings is 2. The first-order chi connectivity index (χ1) is 13.6. The summed E-state index contributed by atoms with van der Waals surface area (Å²) in [5.41, 5.74) is 1.63. The second-order valence-corrected chi connectivity index (χ2v) is 6.17. The fourth-order valence-corrected chi connectivity index (χ4v) is 2.65. The minimum Gasteiger partial charge on any atom is -0.497 e. The fraction of sp³-hybridized carbons (Fsp3) is 0.273. The molecule has 2 aromatic rings. The molecule has 28 heavy (non-hydrogen) atoms. The molecule has 0 spiro atoms. The SMILES string of the molecule is CCCCOc1ccc(C2=N/C(=C/c3ccc(OC)cc3OC)C(=O)O2)cc1. The third kappa shape index (κ3) is 4.52. The Bertz CT molecular complexity index is 900. The number of nitrogens with zero attached hydrogens (tertiary/aromatic N) is 1. The van der Waals surface area contributed by atoms with Crippen molar-refractivity contribution in [3.63, 3.8) is 0 Å². The molecule has 0 amide bonds. The van der Waals surface area contributed by atoms with E-state index in [0.717, 1.165) is 18.6 Å². The highest BCUT2D eigenvalue weighted by atomic mass is 16.6. The van der Waals surface area contributed by atoms with Gasteiger partial charge >= 0.3 is 5.97 Å². The molecule has 0 atom stereocenters. The number of ether oxygens (including phenoxy) is 4. The molecule has 1 heterocycles. The molecule has 0 bridgehead atoms. The molecule has 0 aromatic heterocycles. The number of aliphatic imine (C=N–C) groups is 1. The van der Waals surface area contributed by atoms with Crippen LogP contribution in [0.3, 0.4) is 0 Å². The van der Waals surface area contributed by atoms with Gasteiger partial charge in [-0.25, -0.2) is 9.79 Å². The minimum atomic E-state index is -0.504. The van der Waals surface area contributed by atoms with E-state index in [1.54, 1.807) is 38.5 Å². The molecule has 1 aliphatic heterocycles. The molecule has 0 N–H and O–H groups in total. The minimum absolute atomic E-state index is 0.210. The summed E-state index contributed by atoms with van der Waals surface area (Å²) in [6.07, 6.45) is 3.73. The van der Waals surface area contributed by atoms with Gasteiger partial charge in [-0.05, 0) is 48.9 Å². The predicted molar refractivity (Wildman–Crippen MR) is 107 cm³/mol. The summed E-state index contributed by atoms with van der Waals surface area (Å²) in [7, 11) is 3.14. The molecular weight excluding hydrogens is 358 g/mol. The van der Waals surface area contributed by atoms with Crippen LogP contribution >= 0.6 is 0 Å². The third-order valence-corrected chi connectivity index (χ3v) is 4.22. The van der Waals surface area contributed by atoms with Gasteiger partial charge < -0.3 is 18.9 Å². The van der Waals surface area contributed by atoms with Crippen LogP contribution in [0.15, 0.2) is 53.2 Å². The van der Waals surface area contributed by atoms with Crippen LogP contribution in [0.2, 0.25) is 0 Å². The molecular formula is C22H23NO5. The quantitative estimate of drug-likeness (QED) is 0.389. The Morgan fingerprint density at radius 1 is 1.04 bits per heavy atom. The van der Waals surface area contributed by atoms with Crippen molar-refractivity contribution < 1.29 is 23.7 Å². The van der Waals surface area contributed by atoms with Gasteiger partial charge in [0.15, 0.2) is 5.70 Å². The van der Waals surface area contributed by atoms with Gasteiger partial charge in [-0.15, -0.1) is 0 Å². The number of rotatable bonds is 8. The Morgan fingerprint density at radius 3 is 2.46 bits per heavy atom. The van der Waals surface area contributed by atoms with E-state index >= 15 is 0 Å². The van der Waals surface area contributed by atoms with E-state index in [9.17, 15) is 4.79 Å². The second kappa shape index (κ2) is 9.08. The van der Waals surface area contributed by atoms with Crippen LogP contribution in [0.5, 0.6) is 17.2 Å². The highest BCUT2D eigenvalue weighted by Crippen LogP contribution is 2.28. The largest absolute Gasteiger partial charge is 0.497 e. The van der Waals surface area contributed by atoms with E-state index in [1.807, 2.05) is 24.3 Å². The highest BCUT2D eigenvalue weighted by Gasteiger charge is 2.24. The molecule has 6 nitrogen and oxygen atoms in total. The predicted octanol–water partition coefficient (Wildman–Crippen LogP) is 4.23. The van der Waals surface area contributed by atoms with Crippen LogP contribution in [0.1, 0.15) is 30.9 Å². The normalized spacial score (nSPS) is 14.6. The summed E-state index contributed by atoms with van der Waals surface area (Å²) >= 11 is 0. The summed E-state index contributed by atoms with van der Waals surface area (Å²) < 4.78 is 21.5. The van der Waals surface area contributed by atoms with Gasteiger partial charge in [0.2, 0.25) is 5.90 Å². The smallest absolute Gasteiger partial charge is 0.363 e. The number of unbranched alkanes of at least 4 members (excludes halogenated alkanes) is 1. The lowest BCUT2D eigenvalue weighted by Gasteiger charge is -2.07. The van der Waals surface area contributed by atoms with Gasteiger partial charge in [0, 0.05) is 17.2 Å². The van der Waals surface area contributed by atoms with Gasteiger partial charge in [0.05, 0.1) is 20.8 Å². The average Bonchev–Trinajstić information content (AvgIpc) is 3.09. The van der Waals surface area contributed by atoms with Gasteiger partial charge in [0.25, 0.3) is 0 Å². The standard InChI is InChI=1S/C22H23NO5/c1-4-5-12-27-17-9-6-15(7-10-17)21-23-19(22(24)28-21)13-16-8-11-18(25-2)14-20(16)26-3/h6-11,13-14H,4-5,12H2,1-3H3/b19-13+. The van der Waals surface area contributed by atoms with Crippen molar-refractivity contribution in [3.05, 3.63) is 59.3 Å². The second-order valence-electron chi connectivity index (χ2n) is 6.17. The Hall–Kier alpha value is -3.28. The zero-order chi connectivity index (χ0) is 19.9. The molecule has 0 fully saturated rings. The molecule has 1 aliphatic rings. The zero-order valence-corrected chi connectivity index (χ0v) is 16.2. The fourth-order valence-electron chi connectivity index (χ4n) is 2.65. The highest BCUT2D eigenvalue weighted by molar-refractivity contribution is 6.13. The molecule has 0 radical (unpaired) electrons. The number of carbonyl (C=O) groups excluding carboxylic acids is 1. The first-order valence-electron chi connectivity index (χ1n) is 9.12. The van der Waals surface area contributed by atoms with Crippen molar-refractivity contribution in [1.29, 1.82) is 0 Å². The van der Waals surface area contributed by atoms with E-state index in [0.29, 0.717) is 29.2 Å². The van der Waals surface area contributed by atoms with Crippen molar-refractivity contribution in [2.75, 3.05) is 20.8 Å². The van der Waals surface area contributed by atoms with Crippen molar-refractivity contribution >= 4 is 17.9 Å². The summed E-state index contributed by atoms with van der Waals surface area (Å²) in [5, 5.41) is 0. The molecule has 2 aromatic carbocycles. The summed E-state index contributed by atoms with van der Waals surface area (Å²) in [6.45, 7) is 2.80. The number of carbonyl (C=O) groups is 1. The van der Waals surface area contributed by atoms with Crippen molar-refractivity contribution in [2.24, 2.45) is 4.99 Å². The maximum Gasteiger partial charge on any atom is 0.363 e. The van der Waals surface area contributed by atoms with Crippen LogP contribution in [0.4, 0.5) is 0 Å². The molecule has 146 valence electrons.